The van der Waals surface area contributed by atoms with E-state index in [-0.39, 0.29) is 6.61 Å². The molecule has 120 valence electrons. The van der Waals surface area contributed by atoms with Crippen LogP contribution in [0.1, 0.15) is 29.0 Å². The first-order valence-corrected chi connectivity index (χ1v) is 7.84. The van der Waals surface area contributed by atoms with Crippen molar-refractivity contribution in [2.24, 2.45) is 0 Å². The molecule has 23 heavy (non-hydrogen) atoms. The van der Waals surface area contributed by atoms with Crippen molar-refractivity contribution in [3.63, 3.8) is 0 Å². The van der Waals surface area contributed by atoms with Crippen LogP contribution >= 0.6 is 0 Å². The van der Waals surface area contributed by atoms with Gasteiger partial charge in [-0.2, -0.15) is 0 Å². The van der Waals surface area contributed by atoms with Gasteiger partial charge in [-0.15, -0.1) is 0 Å². The van der Waals surface area contributed by atoms with Crippen LogP contribution in [0.3, 0.4) is 0 Å². The molecule has 0 fully saturated rings. The van der Waals surface area contributed by atoms with Crippen LogP contribution in [0.25, 0.3) is 10.9 Å². The zero-order valence-electron chi connectivity index (χ0n) is 13.5. The molecular weight excluding hydrogens is 290 g/mol. The van der Waals surface area contributed by atoms with E-state index in [1.54, 1.807) is 0 Å². The first kappa shape index (κ1) is 15.5. The summed E-state index contributed by atoms with van der Waals surface area (Å²) in [5.74, 6) is 1.65. The SMILES string of the molecule is Cc1noc(C)c1CCCNc1nc2ccccc2cc1CO. The third-order valence-electron chi connectivity index (χ3n) is 4.05. The van der Waals surface area contributed by atoms with Crippen molar-refractivity contribution in [3.8, 4) is 0 Å². The van der Waals surface area contributed by atoms with Gasteiger partial charge >= 0.3 is 0 Å². The number of hydrogen-bond acceptors (Lipinski definition) is 5. The summed E-state index contributed by atoms with van der Waals surface area (Å²) in [5.41, 5.74) is 3.89. The number of nitrogens with one attached hydrogen (secondary N) is 1. The molecule has 0 amide bonds. The summed E-state index contributed by atoms with van der Waals surface area (Å²) in [5, 5.41) is 17.9. The molecule has 0 unspecified atom stereocenters. The molecule has 1 aromatic carbocycles. The van der Waals surface area contributed by atoms with Gasteiger partial charge in [0.2, 0.25) is 0 Å². The maximum absolute atomic E-state index is 9.56. The molecule has 2 heterocycles. The summed E-state index contributed by atoms with van der Waals surface area (Å²) in [6, 6.07) is 9.91. The number of para-hydroxylation sites is 1. The monoisotopic (exact) mass is 311 g/mol. The Morgan fingerprint density at radius 2 is 2.04 bits per heavy atom. The number of anilines is 1. The fraction of sp³-hybridized carbons (Fsp3) is 0.333. The zero-order chi connectivity index (χ0) is 16.2. The Morgan fingerprint density at radius 1 is 1.22 bits per heavy atom. The number of hydrogen-bond donors (Lipinski definition) is 2. The third-order valence-corrected chi connectivity index (χ3v) is 4.05. The lowest BCUT2D eigenvalue weighted by Gasteiger charge is -2.11. The first-order chi connectivity index (χ1) is 11.2. The molecule has 5 nitrogen and oxygen atoms in total. The smallest absolute Gasteiger partial charge is 0.137 e. The molecule has 5 heteroatoms. The zero-order valence-corrected chi connectivity index (χ0v) is 13.5. The van der Waals surface area contributed by atoms with E-state index in [4.69, 9.17) is 4.52 Å². The lowest BCUT2D eigenvalue weighted by Crippen LogP contribution is -2.08. The Bertz CT molecular complexity index is 792. The van der Waals surface area contributed by atoms with Crippen molar-refractivity contribution in [3.05, 3.63) is 52.9 Å². The lowest BCUT2D eigenvalue weighted by molar-refractivity contribution is 0.282. The average Bonchev–Trinajstić information content (AvgIpc) is 2.89. The number of aliphatic hydroxyl groups is 1. The Morgan fingerprint density at radius 3 is 2.78 bits per heavy atom. The summed E-state index contributed by atoms with van der Waals surface area (Å²) in [6.45, 7) is 4.66. The van der Waals surface area contributed by atoms with Crippen LogP contribution in [-0.2, 0) is 13.0 Å². The predicted octanol–water partition coefficient (Wildman–Crippen LogP) is 3.38. The fourth-order valence-corrected chi connectivity index (χ4v) is 2.76. The normalized spacial score (nSPS) is 11.1. The molecule has 0 saturated carbocycles. The van der Waals surface area contributed by atoms with Crippen LogP contribution in [0.5, 0.6) is 0 Å². The van der Waals surface area contributed by atoms with Gasteiger partial charge in [-0.05, 0) is 38.8 Å². The maximum atomic E-state index is 9.56. The van der Waals surface area contributed by atoms with E-state index < -0.39 is 0 Å². The Labute approximate surface area is 135 Å². The minimum atomic E-state index is -0.0238. The maximum Gasteiger partial charge on any atom is 0.137 e. The van der Waals surface area contributed by atoms with E-state index in [0.29, 0.717) is 0 Å². The number of rotatable bonds is 6. The Kier molecular flexibility index (Phi) is 4.57. The van der Waals surface area contributed by atoms with E-state index in [0.717, 1.165) is 53.1 Å². The Hall–Kier alpha value is -2.40. The van der Waals surface area contributed by atoms with Gasteiger partial charge in [0.1, 0.15) is 11.6 Å². The molecule has 3 rings (SSSR count). The van der Waals surface area contributed by atoms with Crippen molar-refractivity contribution < 1.29 is 9.63 Å². The van der Waals surface area contributed by atoms with E-state index in [9.17, 15) is 5.11 Å². The molecular formula is C18H21N3O2. The van der Waals surface area contributed by atoms with Gasteiger partial charge < -0.3 is 14.9 Å². The highest BCUT2D eigenvalue weighted by Gasteiger charge is 2.09. The van der Waals surface area contributed by atoms with Crippen molar-refractivity contribution in [1.82, 2.24) is 10.1 Å². The van der Waals surface area contributed by atoms with Gasteiger partial charge in [-0.3, -0.25) is 0 Å². The van der Waals surface area contributed by atoms with Gasteiger partial charge in [0.05, 0.1) is 17.8 Å². The van der Waals surface area contributed by atoms with Crippen LogP contribution in [-0.4, -0.2) is 21.8 Å². The highest BCUT2D eigenvalue weighted by Crippen LogP contribution is 2.21. The van der Waals surface area contributed by atoms with E-state index in [1.165, 1.54) is 5.56 Å². The molecule has 0 atom stereocenters. The second-order valence-corrected chi connectivity index (χ2v) is 5.68. The van der Waals surface area contributed by atoms with Gasteiger partial charge in [0.15, 0.2) is 0 Å². The molecule has 0 spiro atoms. The standard InChI is InChI=1S/C18H21N3O2/c1-12-16(13(2)23-21-12)7-5-9-19-18-15(11-22)10-14-6-3-4-8-17(14)20-18/h3-4,6,8,10,22H,5,7,9,11H2,1-2H3,(H,19,20). The molecule has 0 aliphatic heterocycles. The highest BCUT2D eigenvalue weighted by atomic mass is 16.5. The van der Waals surface area contributed by atoms with Crippen LogP contribution < -0.4 is 5.32 Å². The van der Waals surface area contributed by atoms with Crippen LogP contribution in [0.2, 0.25) is 0 Å². The molecule has 0 saturated heterocycles. The topological polar surface area (TPSA) is 71.2 Å². The van der Waals surface area contributed by atoms with Crippen molar-refractivity contribution in [2.75, 3.05) is 11.9 Å². The first-order valence-electron chi connectivity index (χ1n) is 7.84. The summed E-state index contributed by atoms with van der Waals surface area (Å²) in [7, 11) is 0. The largest absolute Gasteiger partial charge is 0.392 e. The van der Waals surface area contributed by atoms with Crippen molar-refractivity contribution in [2.45, 2.75) is 33.3 Å². The fourth-order valence-electron chi connectivity index (χ4n) is 2.76. The van der Waals surface area contributed by atoms with Crippen LogP contribution in [0, 0.1) is 13.8 Å². The predicted molar refractivity (Wildman–Crippen MR) is 90.5 cm³/mol. The summed E-state index contributed by atoms with van der Waals surface area (Å²) in [4.78, 5) is 4.61. The number of nitrogens with zero attached hydrogens (tertiary/aromatic N) is 2. The molecule has 0 radical (unpaired) electrons. The van der Waals surface area contributed by atoms with Crippen molar-refractivity contribution >= 4 is 16.7 Å². The molecule has 2 aromatic heterocycles. The third kappa shape index (κ3) is 3.35. The molecule has 0 bridgehead atoms. The average molecular weight is 311 g/mol. The number of benzene rings is 1. The van der Waals surface area contributed by atoms with E-state index in [1.807, 2.05) is 44.2 Å². The van der Waals surface area contributed by atoms with Gasteiger partial charge in [-0.1, -0.05) is 23.4 Å². The van der Waals surface area contributed by atoms with Crippen molar-refractivity contribution in [1.29, 1.82) is 0 Å². The van der Waals surface area contributed by atoms with Gasteiger partial charge in [0, 0.05) is 23.1 Å². The van der Waals surface area contributed by atoms with E-state index >= 15 is 0 Å². The minimum Gasteiger partial charge on any atom is -0.392 e. The van der Waals surface area contributed by atoms with Crippen LogP contribution in [0.4, 0.5) is 5.82 Å². The molecule has 0 aliphatic carbocycles. The van der Waals surface area contributed by atoms with E-state index in [2.05, 4.69) is 15.5 Å². The number of aromatic nitrogens is 2. The second-order valence-electron chi connectivity index (χ2n) is 5.68. The summed E-state index contributed by atoms with van der Waals surface area (Å²) < 4.78 is 5.18. The summed E-state index contributed by atoms with van der Waals surface area (Å²) >= 11 is 0. The van der Waals surface area contributed by atoms with Gasteiger partial charge in [0.25, 0.3) is 0 Å². The van der Waals surface area contributed by atoms with Crippen LogP contribution in [0.15, 0.2) is 34.9 Å². The number of fused-ring (bicyclic) bond motifs is 1. The van der Waals surface area contributed by atoms with Gasteiger partial charge in [-0.25, -0.2) is 4.98 Å². The summed E-state index contributed by atoms with van der Waals surface area (Å²) in [6.07, 6.45) is 1.86. The lowest BCUT2D eigenvalue weighted by atomic mass is 10.1. The molecule has 0 aliphatic rings. The number of aryl methyl sites for hydroxylation is 2. The Balaban J connectivity index is 1.67. The highest BCUT2D eigenvalue weighted by molar-refractivity contribution is 5.81. The quantitative estimate of drug-likeness (QED) is 0.683. The second kappa shape index (κ2) is 6.79. The number of aliphatic hydroxyl groups excluding tert-OH is 1. The molecule has 3 aromatic rings. The molecule has 2 N–H and O–H groups in total. The number of pyridine rings is 1. The minimum absolute atomic E-state index is 0.0238.